The van der Waals surface area contributed by atoms with Crippen LogP contribution >= 0.6 is 0 Å². The fraction of sp³-hybridized carbons (Fsp3) is 0.158. The minimum atomic E-state index is 0.00833. The lowest BCUT2D eigenvalue weighted by atomic mass is 9.97. The van der Waals surface area contributed by atoms with Gasteiger partial charge in [0.15, 0.2) is 5.78 Å². The van der Waals surface area contributed by atoms with Crippen LogP contribution < -0.4 is 0 Å². The number of ketones is 1. The number of phenols is 1. The second kappa shape index (κ2) is 5.60. The lowest BCUT2D eigenvalue weighted by Crippen LogP contribution is -2.01. The summed E-state index contributed by atoms with van der Waals surface area (Å²) in [5, 5.41) is 12.3. The van der Waals surface area contributed by atoms with E-state index in [2.05, 4.69) is 4.98 Å². The van der Waals surface area contributed by atoms with Crippen LogP contribution in [0.4, 0.5) is 0 Å². The maximum absolute atomic E-state index is 11.7. The van der Waals surface area contributed by atoms with Crippen LogP contribution in [-0.2, 0) is 6.42 Å². The standard InChI is InChI=1S/C19H17NO2/c1-12-17(13(2)21)9-14(11-20-12)10-18-16-6-4-3-5-15(16)7-8-19(18)22/h3-9,11,22H,10H2,1-2H3. The number of fused-ring (bicyclic) bond motifs is 1. The average molecular weight is 291 g/mol. The topological polar surface area (TPSA) is 50.2 Å². The van der Waals surface area contributed by atoms with Gasteiger partial charge in [0.2, 0.25) is 0 Å². The Balaban J connectivity index is 2.09. The molecular formula is C19H17NO2. The summed E-state index contributed by atoms with van der Waals surface area (Å²) in [5.41, 5.74) is 3.15. The number of carbonyl (C=O) groups is 1. The monoisotopic (exact) mass is 291 g/mol. The van der Waals surface area contributed by atoms with Gasteiger partial charge in [0, 0.05) is 29.4 Å². The molecule has 0 spiro atoms. The van der Waals surface area contributed by atoms with Crippen LogP contribution in [0.5, 0.6) is 5.75 Å². The van der Waals surface area contributed by atoms with E-state index in [0.717, 1.165) is 27.6 Å². The molecule has 1 heterocycles. The van der Waals surface area contributed by atoms with Crippen LogP contribution in [0.1, 0.15) is 34.1 Å². The third kappa shape index (κ3) is 2.58. The molecule has 3 heteroatoms. The third-order valence-electron chi connectivity index (χ3n) is 3.92. The molecule has 0 aliphatic rings. The lowest BCUT2D eigenvalue weighted by Gasteiger charge is -2.10. The first kappa shape index (κ1) is 14.3. The van der Waals surface area contributed by atoms with Gasteiger partial charge in [-0.3, -0.25) is 9.78 Å². The van der Waals surface area contributed by atoms with Gasteiger partial charge in [-0.2, -0.15) is 0 Å². The molecule has 3 aromatic rings. The van der Waals surface area contributed by atoms with Gasteiger partial charge in [0.1, 0.15) is 5.75 Å². The van der Waals surface area contributed by atoms with Gasteiger partial charge in [-0.05, 0) is 42.3 Å². The van der Waals surface area contributed by atoms with Gasteiger partial charge < -0.3 is 5.11 Å². The summed E-state index contributed by atoms with van der Waals surface area (Å²) in [6.45, 7) is 3.37. The molecule has 0 amide bonds. The zero-order valence-electron chi connectivity index (χ0n) is 12.6. The van der Waals surface area contributed by atoms with E-state index in [4.69, 9.17) is 0 Å². The van der Waals surface area contributed by atoms with Crippen molar-refractivity contribution < 1.29 is 9.90 Å². The maximum atomic E-state index is 11.7. The first-order valence-electron chi connectivity index (χ1n) is 7.22. The molecule has 0 aliphatic carbocycles. The summed E-state index contributed by atoms with van der Waals surface area (Å²) in [6, 6.07) is 13.4. The van der Waals surface area contributed by atoms with Gasteiger partial charge in [-0.1, -0.05) is 30.3 Å². The number of aromatic nitrogens is 1. The van der Waals surface area contributed by atoms with Crippen molar-refractivity contribution in [2.75, 3.05) is 0 Å². The molecular weight excluding hydrogens is 274 g/mol. The molecule has 0 aliphatic heterocycles. The molecule has 0 atom stereocenters. The van der Waals surface area contributed by atoms with Crippen LogP contribution in [0, 0.1) is 6.92 Å². The van der Waals surface area contributed by atoms with Gasteiger partial charge >= 0.3 is 0 Å². The number of carbonyl (C=O) groups excluding carboxylic acids is 1. The van der Waals surface area contributed by atoms with Crippen molar-refractivity contribution in [3.63, 3.8) is 0 Å². The first-order valence-corrected chi connectivity index (χ1v) is 7.22. The fourth-order valence-electron chi connectivity index (χ4n) is 2.74. The van der Waals surface area contributed by atoms with E-state index >= 15 is 0 Å². The molecule has 22 heavy (non-hydrogen) atoms. The first-order chi connectivity index (χ1) is 10.6. The highest BCUT2D eigenvalue weighted by Gasteiger charge is 2.11. The number of pyridine rings is 1. The highest BCUT2D eigenvalue weighted by Crippen LogP contribution is 2.29. The van der Waals surface area contributed by atoms with E-state index < -0.39 is 0 Å². The predicted octanol–water partition coefficient (Wildman–Crippen LogP) is 4.04. The van der Waals surface area contributed by atoms with Crippen LogP contribution in [-0.4, -0.2) is 15.9 Å². The number of aromatic hydroxyl groups is 1. The van der Waals surface area contributed by atoms with Crippen molar-refractivity contribution in [3.8, 4) is 5.75 Å². The Hall–Kier alpha value is -2.68. The van der Waals surface area contributed by atoms with Crippen molar-refractivity contribution in [2.45, 2.75) is 20.3 Å². The summed E-state index contributed by atoms with van der Waals surface area (Å²) in [6.07, 6.45) is 2.31. The molecule has 110 valence electrons. The maximum Gasteiger partial charge on any atom is 0.161 e. The SMILES string of the molecule is CC(=O)c1cc(Cc2c(O)ccc3ccccc23)cnc1C. The Morgan fingerprint density at radius 1 is 1.18 bits per heavy atom. The van der Waals surface area contributed by atoms with E-state index in [0.29, 0.717) is 12.0 Å². The van der Waals surface area contributed by atoms with E-state index in [-0.39, 0.29) is 11.5 Å². The molecule has 0 unspecified atom stereocenters. The van der Waals surface area contributed by atoms with Crippen LogP contribution in [0.3, 0.4) is 0 Å². The number of aryl methyl sites for hydroxylation is 1. The number of rotatable bonds is 3. The number of hydrogen-bond acceptors (Lipinski definition) is 3. The molecule has 1 N–H and O–H groups in total. The van der Waals surface area contributed by atoms with Crippen molar-refractivity contribution in [1.29, 1.82) is 0 Å². The summed E-state index contributed by atoms with van der Waals surface area (Å²) in [7, 11) is 0. The van der Waals surface area contributed by atoms with Crippen LogP contribution in [0.2, 0.25) is 0 Å². The van der Waals surface area contributed by atoms with E-state index in [1.165, 1.54) is 0 Å². The molecule has 0 saturated heterocycles. The number of nitrogens with zero attached hydrogens (tertiary/aromatic N) is 1. The fourth-order valence-corrected chi connectivity index (χ4v) is 2.74. The quantitative estimate of drug-likeness (QED) is 0.741. The molecule has 0 bridgehead atoms. The highest BCUT2D eigenvalue weighted by atomic mass is 16.3. The summed E-state index contributed by atoms with van der Waals surface area (Å²) < 4.78 is 0. The number of phenolic OH excluding ortho intramolecular Hbond substituents is 1. The molecule has 3 nitrogen and oxygen atoms in total. The van der Waals surface area contributed by atoms with Crippen LogP contribution in [0.25, 0.3) is 10.8 Å². The normalized spacial score (nSPS) is 10.8. The second-order valence-electron chi connectivity index (χ2n) is 5.49. The van der Waals surface area contributed by atoms with Gasteiger partial charge in [-0.25, -0.2) is 0 Å². The Morgan fingerprint density at radius 2 is 1.95 bits per heavy atom. The number of hydrogen-bond donors (Lipinski definition) is 1. The van der Waals surface area contributed by atoms with E-state index in [1.54, 1.807) is 19.2 Å². The smallest absolute Gasteiger partial charge is 0.161 e. The second-order valence-corrected chi connectivity index (χ2v) is 5.49. The van der Waals surface area contributed by atoms with Gasteiger partial charge in [-0.15, -0.1) is 0 Å². The minimum Gasteiger partial charge on any atom is -0.508 e. The van der Waals surface area contributed by atoms with Gasteiger partial charge in [0.05, 0.1) is 0 Å². The third-order valence-corrected chi connectivity index (χ3v) is 3.92. The molecule has 0 saturated carbocycles. The Labute approximate surface area is 129 Å². The minimum absolute atomic E-state index is 0.00833. The molecule has 0 fully saturated rings. The number of Topliss-reactive ketones (excluding diaryl/α,β-unsaturated/α-hetero) is 1. The Bertz CT molecular complexity index is 868. The highest BCUT2D eigenvalue weighted by molar-refractivity contribution is 5.95. The molecule has 3 rings (SSSR count). The van der Waals surface area contributed by atoms with E-state index in [1.807, 2.05) is 43.3 Å². The van der Waals surface area contributed by atoms with Crippen LogP contribution in [0.15, 0.2) is 48.7 Å². The predicted molar refractivity (Wildman–Crippen MR) is 87.4 cm³/mol. The summed E-state index contributed by atoms with van der Waals surface area (Å²) in [4.78, 5) is 16.0. The Morgan fingerprint density at radius 3 is 2.73 bits per heavy atom. The van der Waals surface area contributed by atoms with Crippen molar-refractivity contribution in [2.24, 2.45) is 0 Å². The zero-order valence-corrected chi connectivity index (χ0v) is 12.6. The zero-order chi connectivity index (χ0) is 15.7. The van der Waals surface area contributed by atoms with Crippen molar-refractivity contribution >= 4 is 16.6 Å². The van der Waals surface area contributed by atoms with Gasteiger partial charge in [0.25, 0.3) is 0 Å². The summed E-state index contributed by atoms with van der Waals surface area (Å²) in [5.74, 6) is 0.276. The van der Waals surface area contributed by atoms with Crippen molar-refractivity contribution in [1.82, 2.24) is 4.98 Å². The largest absolute Gasteiger partial charge is 0.508 e. The number of benzene rings is 2. The molecule has 2 aromatic carbocycles. The van der Waals surface area contributed by atoms with E-state index in [9.17, 15) is 9.90 Å². The van der Waals surface area contributed by atoms with Crippen molar-refractivity contribution in [3.05, 3.63) is 71.0 Å². The summed E-state index contributed by atoms with van der Waals surface area (Å²) >= 11 is 0. The lowest BCUT2D eigenvalue weighted by molar-refractivity contribution is 0.101. The molecule has 1 aromatic heterocycles. The molecule has 0 radical (unpaired) electrons. The average Bonchev–Trinajstić information content (AvgIpc) is 2.51. The Kier molecular flexibility index (Phi) is 3.63.